The van der Waals surface area contributed by atoms with E-state index in [0.29, 0.717) is 11.4 Å². The van der Waals surface area contributed by atoms with Gasteiger partial charge in [-0.05, 0) is 23.6 Å². The quantitative estimate of drug-likeness (QED) is 0.794. The molecule has 0 bridgehead atoms. The number of amides is 2. The second kappa shape index (κ2) is 8.15. The maximum Gasteiger partial charge on any atom is 0.241 e. The highest BCUT2D eigenvalue weighted by Gasteiger charge is 2.27. The lowest BCUT2D eigenvalue weighted by atomic mass is 9.87. The minimum atomic E-state index is -0.605. The normalized spacial score (nSPS) is 12.3. The van der Waals surface area contributed by atoms with Gasteiger partial charge in [0, 0.05) is 17.3 Å². The van der Waals surface area contributed by atoms with Gasteiger partial charge in [-0.25, -0.2) is 0 Å². The van der Waals surface area contributed by atoms with Crippen molar-refractivity contribution in [3.05, 3.63) is 24.3 Å². The van der Waals surface area contributed by atoms with Crippen LogP contribution in [0.2, 0.25) is 0 Å². The van der Waals surface area contributed by atoms with E-state index in [1.54, 1.807) is 24.3 Å². The molecule has 0 saturated heterocycles. The van der Waals surface area contributed by atoms with Crippen LogP contribution in [0, 0.1) is 11.3 Å². The van der Waals surface area contributed by atoms with Crippen LogP contribution in [-0.2, 0) is 9.59 Å². The number of carbonyl (C=O) groups is 2. The predicted octanol–water partition coefficient (Wildman–Crippen LogP) is 3.01. The van der Waals surface area contributed by atoms with Crippen molar-refractivity contribution in [2.75, 3.05) is 10.6 Å². The molecule has 0 fully saturated rings. The van der Waals surface area contributed by atoms with E-state index in [1.807, 2.05) is 34.6 Å². The van der Waals surface area contributed by atoms with Gasteiger partial charge >= 0.3 is 0 Å². The van der Waals surface area contributed by atoms with Gasteiger partial charge in [-0.3, -0.25) is 9.59 Å². The second-order valence-corrected chi connectivity index (χ2v) is 6.56. The summed E-state index contributed by atoms with van der Waals surface area (Å²) < 4.78 is 0. The van der Waals surface area contributed by atoms with Crippen molar-refractivity contribution < 1.29 is 9.59 Å². The van der Waals surface area contributed by atoms with Gasteiger partial charge in [0.15, 0.2) is 0 Å². The third-order valence-corrected chi connectivity index (χ3v) is 3.14. The maximum atomic E-state index is 12.1. The molecule has 0 radical (unpaired) electrons. The third kappa shape index (κ3) is 6.03. The number of rotatable bonds is 4. The van der Waals surface area contributed by atoms with Crippen molar-refractivity contribution in [2.24, 2.45) is 17.1 Å². The third-order valence-electron chi connectivity index (χ3n) is 3.14. The Labute approximate surface area is 138 Å². The molecular formula is C16H26ClN3O2. The summed E-state index contributed by atoms with van der Waals surface area (Å²) in [6.07, 6.45) is 0. The van der Waals surface area contributed by atoms with Crippen molar-refractivity contribution in [3.63, 3.8) is 0 Å². The number of hydrogen-bond donors (Lipinski definition) is 3. The Morgan fingerprint density at radius 3 is 1.91 bits per heavy atom. The van der Waals surface area contributed by atoms with Crippen molar-refractivity contribution in [1.29, 1.82) is 0 Å². The van der Waals surface area contributed by atoms with Crippen LogP contribution >= 0.6 is 12.4 Å². The molecule has 22 heavy (non-hydrogen) atoms. The number of halogens is 1. The predicted molar refractivity (Wildman–Crippen MR) is 93.2 cm³/mol. The van der Waals surface area contributed by atoms with Crippen LogP contribution in [0.5, 0.6) is 0 Å². The molecule has 1 rings (SSSR count). The first kappa shape index (κ1) is 20.4. The zero-order chi connectivity index (χ0) is 16.2. The Kier molecular flexibility index (Phi) is 7.56. The minimum absolute atomic E-state index is 0. The van der Waals surface area contributed by atoms with Crippen LogP contribution in [0.25, 0.3) is 0 Å². The number of nitrogens with two attached hydrogens (primary N) is 1. The van der Waals surface area contributed by atoms with Crippen LogP contribution in [-0.4, -0.2) is 17.9 Å². The highest BCUT2D eigenvalue weighted by molar-refractivity contribution is 5.97. The van der Waals surface area contributed by atoms with Crippen molar-refractivity contribution >= 4 is 35.6 Å². The van der Waals surface area contributed by atoms with E-state index in [2.05, 4.69) is 10.6 Å². The Morgan fingerprint density at radius 2 is 1.50 bits per heavy atom. The Bertz CT molecular complexity index is 524. The highest BCUT2D eigenvalue weighted by atomic mass is 35.5. The van der Waals surface area contributed by atoms with E-state index < -0.39 is 6.04 Å². The number of nitrogens with one attached hydrogen (secondary N) is 2. The van der Waals surface area contributed by atoms with E-state index in [-0.39, 0.29) is 35.6 Å². The average Bonchev–Trinajstić information content (AvgIpc) is 2.36. The largest absolute Gasteiger partial charge is 0.326 e. The van der Waals surface area contributed by atoms with Crippen LogP contribution in [0.15, 0.2) is 24.3 Å². The molecule has 0 spiro atoms. The van der Waals surface area contributed by atoms with Crippen LogP contribution in [0.1, 0.15) is 34.6 Å². The molecule has 0 heterocycles. The first-order valence-electron chi connectivity index (χ1n) is 7.08. The number of anilines is 2. The van der Waals surface area contributed by atoms with Crippen molar-refractivity contribution in [3.8, 4) is 0 Å². The molecule has 0 aliphatic carbocycles. The molecule has 0 aliphatic rings. The van der Waals surface area contributed by atoms with E-state index in [9.17, 15) is 9.59 Å². The monoisotopic (exact) mass is 327 g/mol. The second-order valence-electron chi connectivity index (χ2n) is 6.56. The first-order chi connectivity index (χ1) is 9.61. The Balaban J connectivity index is 0.00000441. The van der Waals surface area contributed by atoms with Gasteiger partial charge in [-0.1, -0.05) is 40.7 Å². The average molecular weight is 328 g/mol. The topological polar surface area (TPSA) is 84.2 Å². The summed E-state index contributed by atoms with van der Waals surface area (Å²) in [6, 6.07) is 6.42. The molecule has 1 aromatic carbocycles. The summed E-state index contributed by atoms with van der Waals surface area (Å²) in [4.78, 5) is 23.7. The molecule has 6 heteroatoms. The molecule has 1 aromatic rings. The number of hydrogen-bond acceptors (Lipinski definition) is 3. The lowest BCUT2D eigenvalue weighted by Gasteiger charge is -2.25. The first-order valence-corrected chi connectivity index (χ1v) is 7.08. The van der Waals surface area contributed by atoms with E-state index in [4.69, 9.17) is 5.73 Å². The summed E-state index contributed by atoms with van der Waals surface area (Å²) in [7, 11) is 0. The summed E-state index contributed by atoms with van der Waals surface area (Å²) in [6.45, 7) is 9.39. The fourth-order valence-corrected chi connectivity index (χ4v) is 1.57. The molecule has 0 saturated carbocycles. The molecular weight excluding hydrogens is 302 g/mol. The molecule has 1 atom stereocenters. The molecule has 4 N–H and O–H groups in total. The molecule has 2 amide bonds. The van der Waals surface area contributed by atoms with Crippen molar-refractivity contribution in [1.82, 2.24) is 0 Å². The standard InChI is InChI=1S/C16H25N3O2.ClH/c1-10(2)14(20)18-11-7-6-8-12(9-11)19-15(21)13(17)16(3,4)5;/h6-10,13H,17H2,1-5H3,(H,18,20)(H,19,21);1H/t13-;/m1./s1. The fourth-order valence-electron chi connectivity index (χ4n) is 1.57. The SMILES string of the molecule is CC(C)C(=O)Nc1cccc(NC(=O)[C@@H](N)C(C)(C)C)c1.Cl. The van der Waals surface area contributed by atoms with Gasteiger partial charge in [0.25, 0.3) is 0 Å². The number of carbonyl (C=O) groups excluding carboxylic acids is 2. The van der Waals surface area contributed by atoms with Gasteiger partial charge in [-0.15, -0.1) is 12.4 Å². The van der Waals surface area contributed by atoms with E-state index in [0.717, 1.165) is 0 Å². The van der Waals surface area contributed by atoms with E-state index in [1.165, 1.54) is 0 Å². The Morgan fingerprint density at radius 1 is 1.05 bits per heavy atom. The minimum Gasteiger partial charge on any atom is -0.326 e. The summed E-state index contributed by atoms with van der Waals surface area (Å²) in [5.41, 5.74) is 6.87. The van der Waals surface area contributed by atoms with Gasteiger partial charge in [0.05, 0.1) is 6.04 Å². The zero-order valence-corrected chi connectivity index (χ0v) is 14.6. The number of benzene rings is 1. The maximum absolute atomic E-state index is 12.1. The van der Waals surface area contributed by atoms with Crippen LogP contribution < -0.4 is 16.4 Å². The molecule has 0 unspecified atom stereocenters. The molecule has 0 aliphatic heterocycles. The van der Waals surface area contributed by atoms with Crippen molar-refractivity contribution in [2.45, 2.75) is 40.7 Å². The van der Waals surface area contributed by atoms with Gasteiger partial charge in [0.1, 0.15) is 0 Å². The van der Waals surface area contributed by atoms with Gasteiger partial charge in [-0.2, -0.15) is 0 Å². The smallest absolute Gasteiger partial charge is 0.241 e. The van der Waals surface area contributed by atoms with Crippen LogP contribution in [0.4, 0.5) is 11.4 Å². The van der Waals surface area contributed by atoms with Crippen LogP contribution in [0.3, 0.4) is 0 Å². The molecule has 124 valence electrons. The van der Waals surface area contributed by atoms with E-state index >= 15 is 0 Å². The lowest BCUT2D eigenvalue weighted by molar-refractivity contribution is -0.119. The van der Waals surface area contributed by atoms with Gasteiger partial charge in [0.2, 0.25) is 11.8 Å². The summed E-state index contributed by atoms with van der Waals surface area (Å²) in [5.74, 6) is -0.405. The fraction of sp³-hybridized carbons (Fsp3) is 0.500. The summed E-state index contributed by atoms with van der Waals surface area (Å²) >= 11 is 0. The molecule has 0 aromatic heterocycles. The highest BCUT2D eigenvalue weighted by Crippen LogP contribution is 2.20. The Hall–Kier alpha value is -1.59. The lowest BCUT2D eigenvalue weighted by Crippen LogP contribution is -2.45. The summed E-state index contributed by atoms with van der Waals surface area (Å²) in [5, 5.41) is 5.57. The van der Waals surface area contributed by atoms with Gasteiger partial charge < -0.3 is 16.4 Å². The molecule has 5 nitrogen and oxygen atoms in total. The zero-order valence-electron chi connectivity index (χ0n) is 13.8.